The molecule has 2 rings (SSSR count). The van der Waals surface area contributed by atoms with Gasteiger partial charge in [0.25, 0.3) is 5.91 Å². The molecule has 2 aromatic rings. The lowest BCUT2D eigenvalue weighted by molar-refractivity contribution is -0.383. The van der Waals surface area contributed by atoms with Crippen LogP contribution in [0.25, 0.3) is 4.98 Å². The van der Waals surface area contributed by atoms with Gasteiger partial charge in [-0.2, -0.15) is 0 Å². The molecule has 1 N–H and O–H groups in total. The van der Waals surface area contributed by atoms with Crippen LogP contribution in [0.3, 0.4) is 0 Å². The monoisotopic (exact) mass is 269 g/mol. The third-order valence-electron chi connectivity index (χ3n) is 2.57. The number of diazo groups is 1. The highest BCUT2D eigenvalue weighted by Crippen LogP contribution is 2.30. The van der Waals surface area contributed by atoms with Crippen molar-refractivity contribution in [3.8, 4) is 0 Å². The molecule has 20 heavy (non-hydrogen) atoms. The van der Waals surface area contributed by atoms with Gasteiger partial charge in [0.2, 0.25) is 5.39 Å². The fourth-order valence-corrected chi connectivity index (χ4v) is 1.63. The second-order valence-electron chi connectivity index (χ2n) is 3.88. The Balaban J connectivity index is 2.25. The van der Waals surface area contributed by atoms with Gasteiger partial charge < -0.3 is 5.32 Å². The first-order valence-corrected chi connectivity index (χ1v) is 5.62. The summed E-state index contributed by atoms with van der Waals surface area (Å²) in [6, 6.07) is 12.3. The number of nitro benzene ring substituents is 1. The van der Waals surface area contributed by atoms with E-state index in [9.17, 15) is 14.9 Å². The Morgan fingerprint density at radius 1 is 1.20 bits per heavy atom. The van der Waals surface area contributed by atoms with Gasteiger partial charge in [-0.3, -0.25) is 14.9 Å². The Morgan fingerprint density at radius 3 is 2.50 bits per heavy atom. The molecule has 0 heterocycles. The van der Waals surface area contributed by atoms with E-state index in [0.29, 0.717) is 11.3 Å². The van der Waals surface area contributed by atoms with E-state index in [1.54, 1.807) is 30.3 Å². The van der Waals surface area contributed by atoms with Crippen molar-refractivity contribution < 1.29 is 9.72 Å². The number of anilines is 1. The number of carbonyl (C=O) groups excluding carboxylic acids is 1. The minimum atomic E-state index is -0.669. The molecule has 0 atom stereocenters. The van der Waals surface area contributed by atoms with E-state index >= 15 is 0 Å². The van der Waals surface area contributed by atoms with Crippen molar-refractivity contribution in [3.05, 3.63) is 69.2 Å². The molecule has 0 aromatic heterocycles. The van der Waals surface area contributed by atoms with Crippen LogP contribution in [0.1, 0.15) is 10.4 Å². The second-order valence-corrected chi connectivity index (χ2v) is 3.88. The summed E-state index contributed by atoms with van der Waals surface area (Å²) in [7, 11) is 0. The predicted octanol–water partition coefficient (Wildman–Crippen LogP) is 3.33. The largest absolute Gasteiger partial charge is 0.463 e. The van der Waals surface area contributed by atoms with E-state index < -0.39 is 4.92 Å². The highest BCUT2D eigenvalue weighted by Gasteiger charge is 2.25. The minimum Gasteiger partial charge on any atom is -0.322 e. The lowest BCUT2D eigenvalue weighted by Crippen LogP contribution is -2.11. The van der Waals surface area contributed by atoms with Crippen LogP contribution in [0.5, 0.6) is 0 Å². The SMILES string of the molecule is N#[N+]c1cc(NC(=O)c2ccccc2)ccc1[N+](=O)[O-]. The summed E-state index contributed by atoms with van der Waals surface area (Å²) in [6.07, 6.45) is 0. The van der Waals surface area contributed by atoms with Crippen molar-refractivity contribution >= 4 is 23.0 Å². The fourth-order valence-electron chi connectivity index (χ4n) is 1.63. The molecule has 0 fully saturated rings. The maximum absolute atomic E-state index is 11.9. The number of carbonyl (C=O) groups is 1. The Bertz CT molecular complexity index is 707. The van der Waals surface area contributed by atoms with Crippen molar-refractivity contribution in [2.45, 2.75) is 0 Å². The van der Waals surface area contributed by atoms with Crippen molar-refractivity contribution in [1.29, 1.82) is 5.39 Å². The first-order chi connectivity index (χ1) is 9.61. The van der Waals surface area contributed by atoms with Crippen molar-refractivity contribution in [1.82, 2.24) is 0 Å². The summed E-state index contributed by atoms with van der Waals surface area (Å²) in [5.74, 6) is -0.358. The number of rotatable bonds is 3. The molecule has 0 aliphatic carbocycles. The van der Waals surface area contributed by atoms with E-state index in [-0.39, 0.29) is 17.3 Å². The molecular weight excluding hydrogens is 260 g/mol. The molecule has 0 saturated carbocycles. The van der Waals surface area contributed by atoms with Crippen LogP contribution in [0.4, 0.5) is 17.1 Å². The molecule has 98 valence electrons. The molecule has 0 aliphatic heterocycles. The topological polar surface area (TPSA) is 100 Å². The number of hydrogen-bond acceptors (Lipinski definition) is 4. The zero-order chi connectivity index (χ0) is 14.5. The van der Waals surface area contributed by atoms with Gasteiger partial charge in [-0.1, -0.05) is 18.2 Å². The molecule has 0 spiro atoms. The number of hydrogen-bond donors (Lipinski definition) is 1. The van der Waals surface area contributed by atoms with Crippen LogP contribution in [-0.2, 0) is 0 Å². The molecule has 0 radical (unpaired) electrons. The number of nitrogens with one attached hydrogen (secondary N) is 1. The Hall–Kier alpha value is -3.27. The number of benzene rings is 2. The molecule has 0 aliphatic rings. The summed E-state index contributed by atoms with van der Waals surface area (Å²) in [5.41, 5.74) is 0.191. The second kappa shape index (κ2) is 5.58. The van der Waals surface area contributed by atoms with E-state index in [2.05, 4.69) is 10.3 Å². The van der Waals surface area contributed by atoms with E-state index in [1.807, 2.05) is 0 Å². The van der Waals surface area contributed by atoms with Gasteiger partial charge >= 0.3 is 11.4 Å². The van der Waals surface area contributed by atoms with Crippen LogP contribution in [0, 0.1) is 15.5 Å². The normalized spacial score (nSPS) is 9.55. The molecular formula is C13H9N4O3+. The number of amides is 1. The molecule has 7 heteroatoms. The predicted molar refractivity (Wildman–Crippen MR) is 72.2 cm³/mol. The summed E-state index contributed by atoms with van der Waals surface area (Å²) in [5, 5.41) is 22.0. The van der Waals surface area contributed by atoms with Crippen molar-refractivity contribution in [2.75, 3.05) is 5.32 Å². The average molecular weight is 269 g/mol. The van der Waals surface area contributed by atoms with Gasteiger partial charge in [-0.05, 0) is 18.2 Å². The summed E-state index contributed by atoms with van der Waals surface area (Å²) >= 11 is 0. The first kappa shape index (κ1) is 13.2. The Labute approximate surface area is 113 Å². The third-order valence-corrected chi connectivity index (χ3v) is 2.57. The van der Waals surface area contributed by atoms with E-state index in [0.717, 1.165) is 6.07 Å². The van der Waals surface area contributed by atoms with Gasteiger partial charge in [0.1, 0.15) is 0 Å². The number of nitro groups is 1. The van der Waals surface area contributed by atoms with Gasteiger partial charge in [0.15, 0.2) is 4.98 Å². The summed E-state index contributed by atoms with van der Waals surface area (Å²) < 4.78 is 0. The molecule has 0 unspecified atom stereocenters. The molecule has 7 nitrogen and oxygen atoms in total. The summed E-state index contributed by atoms with van der Waals surface area (Å²) in [4.78, 5) is 24.7. The summed E-state index contributed by atoms with van der Waals surface area (Å²) in [6.45, 7) is 0. The molecule has 2 aromatic carbocycles. The Kier molecular flexibility index (Phi) is 3.67. The van der Waals surface area contributed by atoms with Crippen LogP contribution < -0.4 is 5.32 Å². The molecule has 0 saturated heterocycles. The lowest BCUT2D eigenvalue weighted by Gasteiger charge is -2.03. The van der Waals surface area contributed by atoms with Crippen LogP contribution >= 0.6 is 0 Å². The van der Waals surface area contributed by atoms with Gasteiger partial charge in [0, 0.05) is 17.3 Å². The van der Waals surface area contributed by atoms with Crippen molar-refractivity contribution in [2.24, 2.45) is 0 Å². The standard InChI is InChI=1S/C13H8N4O3/c14-16-11-8-10(6-7-12(11)17(19)20)15-13(18)9-4-2-1-3-5-9/h1-8H/p+1. The average Bonchev–Trinajstić information content (AvgIpc) is 2.47. The minimum absolute atomic E-state index is 0.221. The fraction of sp³-hybridized carbons (Fsp3) is 0. The highest BCUT2D eigenvalue weighted by molar-refractivity contribution is 6.04. The zero-order valence-electron chi connectivity index (χ0n) is 10.2. The quantitative estimate of drug-likeness (QED) is 0.524. The smallest absolute Gasteiger partial charge is 0.322 e. The van der Waals surface area contributed by atoms with Gasteiger partial charge in [-0.25, -0.2) is 0 Å². The Morgan fingerprint density at radius 2 is 1.90 bits per heavy atom. The molecule has 1 amide bonds. The van der Waals surface area contributed by atoms with Crippen LogP contribution in [0.2, 0.25) is 0 Å². The van der Waals surface area contributed by atoms with Crippen LogP contribution in [-0.4, -0.2) is 10.8 Å². The van der Waals surface area contributed by atoms with Gasteiger partial charge in [-0.15, -0.1) is 0 Å². The van der Waals surface area contributed by atoms with Crippen LogP contribution in [0.15, 0.2) is 48.5 Å². The number of nitrogens with zero attached hydrogens (tertiary/aromatic N) is 3. The lowest BCUT2D eigenvalue weighted by atomic mass is 10.2. The van der Waals surface area contributed by atoms with Gasteiger partial charge in [0.05, 0.1) is 11.0 Å². The first-order valence-electron chi connectivity index (χ1n) is 5.62. The van der Waals surface area contributed by atoms with E-state index in [1.165, 1.54) is 12.1 Å². The third kappa shape index (κ3) is 2.76. The molecule has 0 bridgehead atoms. The van der Waals surface area contributed by atoms with Crippen molar-refractivity contribution in [3.63, 3.8) is 0 Å². The van der Waals surface area contributed by atoms with E-state index in [4.69, 9.17) is 5.39 Å². The maximum atomic E-state index is 11.9. The highest BCUT2D eigenvalue weighted by atomic mass is 16.6. The maximum Gasteiger partial charge on any atom is 0.463 e. The zero-order valence-corrected chi connectivity index (χ0v) is 10.2.